The van der Waals surface area contributed by atoms with E-state index in [0.717, 1.165) is 36.6 Å². The maximum absolute atomic E-state index is 9.24. The van der Waals surface area contributed by atoms with Crippen molar-refractivity contribution in [3.63, 3.8) is 0 Å². The van der Waals surface area contributed by atoms with Crippen LogP contribution in [0.3, 0.4) is 0 Å². The molecule has 80 valence electrons. The highest BCUT2D eigenvalue weighted by molar-refractivity contribution is 5.62. The van der Waals surface area contributed by atoms with Crippen LogP contribution in [0.15, 0.2) is 18.3 Å². The molecule has 0 aliphatic carbocycles. The summed E-state index contributed by atoms with van der Waals surface area (Å²) in [5.41, 5.74) is 2.42. The highest BCUT2D eigenvalue weighted by Gasteiger charge is 2.20. The Bertz CT molecular complexity index is 542. The van der Waals surface area contributed by atoms with Crippen LogP contribution in [0.1, 0.15) is 24.4 Å². The van der Waals surface area contributed by atoms with Gasteiger partial charge in [-0.1, -0.05) is 0 Å². The van der Waals surface area contributed by atoms with Crippen LogP contribution in [0.2, 0.25) is 0 Å². The summed E-state index contributed by atoms with van der Waals surface area (Å²) in [7, 11) is 0. The molecule has 0 spiro atoms. The number of imidazole rings is 1. The lowest BCUT2D eigenvalue weighted by Crippen LogP contribution is -2.11. The molecule has 0 atom stereocenters. The van der Waals surface area contributed by atoms with Gasteiger partial charge in [-0.3, -0.25) is 0 Å². The van der Waals surface area contributed by atoms with Gasteiger partial charge in [0.2, 0.25) is 0 Å². The van der Waals surface area contributed by atoms with Gasteiger partial charge in [0, 0.05) is 19.2 Å². The van der Waals surface area contributed by atoms with Crippen molar-refractivity contribution in [3.05, 3.63) is 29.8 Å². The number of nitrogens with one attached hydrogen (secondary N) is 1. The molecule has 2 aromatic heterocycles. The van der Waals surface area contributed by atoms with Crippen molar-refractivity contribution in [1.29, 1.82) is 5.26 Å². The summed E-state index contributed by atoms with van der Waals surface area (Å²) in [6.45, 7) is 0.923. The molecule has 0 saturated carbocycles. The van der Waals surface area contributed by atoms with Crippen LogP contribution in [0.5, 0.6) is 0 Å². The van der Waals surface area contributed by atoms with Gasteiger partial charge in [-0.05, 0) is 25.0 Å². The van der Waals surface area contributed by atoms with E-state index in [0.29, 0.717) is 5.69 Å². The molecule has 3 heterocycles. The Morgan fingerprint density at radius 2 is 2.38 bits per heavy atom. The first-order chi connectivity index (χ1) is 7.90. The largest absolute Gasteiger partial charge is 0.360 e. The maximum atomic E-state index is 9.24. The van der Waals surface area contributed by atoms with Crippen LogP contribution in [-0.4, -0.2) is 14.5 Å². The quantitative estimate of drug-likeness (QED) is 0.786. The SMILES string of the molecule is N#Cc1c(-c2ccc[nH]2)nc2n1CCCC2. The lowest BCUT2D eigenvalue weighted by Gasteiger charge is -2.13. The average Bonchev–Trinajstić information content (AvgIpc) is 2.95. The van der Waals surface area contributed by atoms with E-state index in [4.69, 9.17) is 0 Å². The van der Waals surface area contributed by atoms with E-state index < -0.39 is 0 Å². The molecule has 3 rings (SSSR count). The second-order valence-corrected chi connectivity index (χ2v) is 4.03. The van der Waals surface area contributed by atoms with E-state index in [-0.39, 0.29) is 0 Å². The Balaban J connectivity index is 2.19. The predicted molar refractivity (Wildman–Crippen MR) is 59.7 cm³/mol. The molecule has 0 amide bonds. The lowest BCUT2D eigenvalue weighted by molar-refractivity contribution is 0.519. The fourth-order valence-electron chi connectivity index (χ4n) is 2.26. The van der Waals surface area contributed by atoms with Crippen molar-refractivity contribution in [3.8, 4) is 17.5 Å². The maximum Gasteiger partial charge on any atom is 0.149 e. The molecule has 0 saturated heterocycles. The molecule has 2 aromatic rings. The van der Waals surface area contributed by atoms with Crippen molar-refractivity contribution in [1.82, 2.24) is 14.5 Å². The summed E-state index contributed by atoms with van der Waals surface area (Å²) in [5, 5.41) is 9.24. The van der Waals surface area contributed by atoms with Crippen LogP contribution < -0.4 is 0 Å². The van der Waals surface area contributed by atoms with Crippen molar-refractivity contribution in [2.45, 2.75) is 25.8 Å². The third-order valence-corrected chi connectivity index (χ3v) is 3.04. The van der Waals surface area contributed by atoms with Crippen molar-refractivity contribution in [2.75, 3.05) is 0 Å². The van der Waals surface area contributed by atoms with Gasteiger partial charge in [0.05, 0.1) is 5.69 Å². The number of nitriles is 1. The molecular weight excluding hydrogens is 200 g/mol. The number of hydrogen-bond donors (Lipinski definition) is 1. The van der Waals surface area contributed by atoms with E-state index >= 15 is 0 Å². The van der Waals surface area contributed by atoms with E-state index in [1.54, 1.807) is 0 Å². The molecule has 1 N–H and O–H groups in total. The molecule has 1 aliphatic heterocycles. The molecule has 4 nitrogen and oxygen atoms in total. The lowest BCUT2D eigenvalue weighted by atomic mass is 10.1. The number of aromatic nitrogens is 3. The molecule has 4 heteroatoms. The van der Waals surface area contributed by atoms with E-state index in [9.17, 15) is 5.26 Å². The highest BCUT2D eigenvalue weighted by Crippen LogP contribution is 2.25. The minimum Gasteiger partial charge on any atom is -0.360 e. The van der Waals surface area contributed by atoms with Crippen molar-refractivity contribution in [2.24, 2.45) is 0 Å². The summed E-state index contributed by atoms with van der Waals surface area (Å²) in [4.78, 5) is 7.68. The van der Waals surface area contributed by atoms with E-state index in [1.165, 1.54) is 6.42 Å². The number of aryl methyl sites for hydroxylation is 1. The number of nitrogens with zero attached hydrogens (tertiary/aromatic N) is 3. The first kappa shape index (κ1) is 9.22. The van der Waals surface area contributed by atoms with Crippen LogP contribution in [0.25, 0.3) is 11.4 Å². The summed E-state index contributed by atoms with van der Waals surface area (Å²) in [6.07, 6.45) is 5.15. The number of hydrogen-bond acceptors (Lipinski definition) is 2. The van der Waals surface area contributed by atoms with Crippen LogP contribution in [0.4, 0.5) is 0 Å². The van der Waals surface area contributed by atoms with E-state index in [1.807, 2.05) is 18.3 Å². The van der Waals surface area contributed by atoms with Crippen LogP contribution >= 0.6 is 0 Å². The zero-order chi connectivity index (χ0) is 11.0. The molecule has 1 aliphatic rings. The molecule has 0 radical (unpaired) electrons. The molecule has 0 fully saturated rings. The fraction of sp³-hybridized carbons (Fsp3) is 0.333. The Hall–Kier alpha value is -2.02. The van der Waals surface area contributed by atoms with Gasteiger partial charge < -0.3 is 9.55 Å². The molecule has 16 heavy (non-hydrogen) atoms. The molecule has 0 bridgehead atoms. The average molecular weight is 212 g/mol. The van der Waals surface area contributed by atoms with Gasteiger partial charge in [0.1, 0.15) is 23.3 Å². The van der Waals surface area contributed by atoms with Gasteiger partial charge in [-0.25, -0.2) is 4.98 Å². The second kappa shape index (κ2) is 3.53. The number of aromatic amines is 1. The molecular formula is C12H12N4. The Morgan fingerprint density at radius 1 is 1.44 bits per heavy atom. The Morgan fingerprint density at radius 3 is 3.12 bits per heavy atom. The zero-order valence-corrected chi connectivity index (χ0v) is 8.90. The first-order valence-electron chi connectivity index (χ1n) is 5.53. The third kappa shape index (κ3) is 1.25. The van der Waals surface area contributed by atoms with Gasteiger partial charge in [0.25, 0.3) is 0 Å². The van der Waals surface area contributed by atoms with Gasteiger partial charge in [-0.15, -0.1) is 0 Å². The van der Waals surface area contributed by atoms with Gasteiger partial charge in [-0.2, -0.15) is 5.26 Å². The third-order valence-electron chi connectivity index (χ3n) is 3.04. The second-order valence-electron chi connectivity index (χ2n) is 4.03. The molecule has 0 unspecified atom stereocenters. The standard InChI is InChI=1S/C12H12N4/c13-8-10-12(9-4-3-6-14-9)15-11-5-1-2-7-16(10)11/h3-4,6,14H,1-2,5,7H2. The Kier molecular flexibility index (Phi) is 2.03. The minimum absolute atomic E-state index is 0.692. The number of rotatable bonds is 1. The first-order valence-corrected chi connectivity index (χ1v) is 5.53. The monoisotopic (exact) mass is 212 g/mol. The molecule has 0 aromatic carbocycles. The number of H-pyrrole nitrogens is 1. The Labute approximate surface area is 93.5 Å². The summed E-state index contributed by atoms with van der Waals surface area (Å²) >= 11 is 0. The highest BCUT2D eigenvalue weighted by atomic mass is 15.1. The summed E-state index contributed by atoms with van der Waals surface area (Å²) in [6, 6.07) is 6.15. The topological polar surface area (TPSA) is 57.4 Å². The van der Waals surface area contributed by atoms with Crippen LogP contribution in [-0.2, 0) is 13.0 Å². The zero-order valence-electron chi connectivity index (χ0n) is 8.90. The minimum atomic E-state index is 0.692. The summed E-state index contributed by atoms with van der Waals surface area (Å²) < 4.78 is 2.06. The number of fused-ring (bicyclic) bond motifs is 1. The fourth-order valence-corrected chi connectivity index (χ4v) is 2.26. The normalized spacial score (nSPS) is 14.4. The van der Waals surface area contributed by atoms with Gasteiger partial charge >= 0.3 is 0 Å². The van der Waals surface area contributed by atoms with E-state index in [2.05, 4.69) is 20.6 Å². The van der Waals surface area contributed by atoms with Crippen LogP contribution in [0, 0.1) is 11.3 Å². The van der Waals surface area contributed by atoms with Gasteiger partial charge in [0.15, 0.2) is 0 Å². The summed E-state index contributed by atoms with van der Waals surface area (Å²) in [5.74, 6) is 1.05. The predicted octanol–water partition coefficient (Wildman–Crippen LogP) is 2.09. The van der Waals surface area contributed by atoms with Crippen molar-refractivity contribution >= 4 is 0 Å². The smallest absolute Gasteiger partial charge is 0.149 e. The van der Waals surface area contributed by atoms with Crippen molar-refractivity contribution < 1.29 is 0 Å².